The summed E-state index contributed by atoms with van der Waals surface area (Å²) in [6, 6.07) is 4.14. The summed E-state index contributed by atoms with van der Waals surface area (Å²) in [5, 5.41) is 0. The highest BCUT2D eigenvalue weighted by Crippen LogP contribution is 2.37. The summed E-state index contributed by atoms with van der Waals surface area (Å²) in [4.78, 5) is 39.5. The standard InChI is InChI=1S/C24H32N6O2/c1-24(2,3)15-30-20(10-9-19-21(30)27(4)23(32)26-19)28-13-18-8-7-17(28)14-29(18)22(31)16-6-5-11-25-12-16/h5-6,9-12,17-18,20H,7-8,13-15H2,1-4H3,(H,26,32). The number of H-pyrrole nitrogens is 1. The van der Waals surface area contributed by atoms with Crippen molar-refractivity contribution >= 4 is 17.8 Å². The SMILES string of the molecule is Cn1c2c([nH]c1=O)C=CC(N1CC3CCC1CN3C(=O)c1cccnc1)N2CC(C)(C)C. The number of nitrogens with zero attached hydrogens (tertiary/aromatic N) is 5. The molecule has 4 aliphatic heterocycles. The molecule has 2 aromatic heterocycles. The highest BCUT2D eigenvalue weighted by Gasteiger charge is 2.46. The molecule has 3 atom stereocenters. The lowest BCUT2D eigenvalue weighted by Crippen LogP contribution is -2.68. The van der Waals surface area contributed by atoms with Gasteiger partial charge in [-0.3, -0.25) is 19.2 Å². The average molecular weight is 437 g/mol. The molecule has 3 saturated heterocycles. The van der Waals surface area contributed by atoms with E-state index < -0.39 is 0 Å². The maximum Gasteiger partial charge on any atom is 0.327 e. The molecule has 3 unspecified atom stereocenters. The highest BCUT2D eigenvalue weighted by molar-refractivity contribution is 5.94. The molecule has 32 heavy (non-hydrogen) atoms. The molecule has 2 bridgehead atoms. The number of anilines is 1. The fourth-order valence-corrected chi connectivity index (χ4v) is 5.46. The van der Waals surface area contributed by atoms with Crippen LogP contribution in [-0.4, -0.2) is 68.1 Å². The third-order valence-electron chi connectivity index (χ3n) is 6.86. The summed E-state index contributed by atoms with van der Waals surface area (Å²) in [5.74, 6) is 1.02. The van der Waals surface area contributed by atoms with Gasteiger partial charge in [0.05, 0.1) is 11.3 Å². The maximum absolute atomic E-state index is 13.1. The van der Waals surface area contributed by atoms with Crippen LogP contribution in [0.3, 0.4) is 0 Å². The van der Waals surface area contributed by atoms with Gasteiger partial charge in [-0.25, -0.2) is 4.79 Å². The van der Waals surface area contributed by atoms with Gasteiger partial charge in [0.15, 0.2) is 0 Å². The number of aromatic amines is 1. The van der Waals surface area contributed by atoms with Crippen LogP contribution in [0.25, 0.3) is 6.08 Å². The van der Waals surface area contributed by atoms with E-state index in [0.717, 1.165) is 44.0 Å². The first kappa shape index (κ1) is 21.0. The van der Waals surface area contributed by atoms with Crippen molar-refractivity contribution in [3.63, 3.8) is 0 Å². The van der Waals surface area contributed by atoms with E-state index >= 15 is 0 Å². The quantitative estimate of drug-likeness (QED) is 0.799. The minimum Gasteiger partial charge on any atom is -0.336 e. The van der Waals surface area contributed by atoms with Gasteiger partial charge >= 0.3 is 5.69 Å². The van der Waals surface area contributed by atoms with Crippen LogP contribution in [0.5, 0.6) is 0 Å². The lowest BCUT2D eigenvalue weighted by atomic mass is 9.88. The number of nitrogens with one attached hydrogen (secondary N) is 1. The second-order valence-corrected chi connectivity index (χ2v) is 10.5. The fourth-order valence-electron chi connectivity index (χ4n) is 5.46. The molecule has 0 aromatic carbocycles. The second kappa shape index (κ2) is 7.62. The predicted molar refractivity (Wildman–Crippen MR) is 124 cm³/mol. The van der Waals surface area contributed by atoms with Crippen LogP contribution in [0.4, 0.5) is 5.82 Å². The second-order valence-electron chi connectivity index (χ2n) is 10.5. The van der Waals surface area contributed by atoms with Crippen molar-refractivity contribution in [3.8, 4) is 0 Å². The Labute approximate surface area is 188 Å². The fraction of sp³-hybridized carbons (Fsp3) is 0.542. The van der Waals surface area contributed by atoms with Crippen LogP contribution in [0.1, 0.15) is 49.7 Å². The lowest BCUT2D eigenvalue weighted by Gasteiger charge is -2.56. The van der Waals surface area contributed by atoms with Gasteiger partial charge in [0, 0.05) is 51.2 Å². The van der Waals surface area contributed by atoms with Crippen molar-refractivity contribution in [2.75, 3.05) is 24.5 Å². The van der Waals surface area contributed by atoms with E-state index in [0.29, 0.717) is 5.56 Å². The Morgan fingerprint density at radius 1 is 1.22 bits per heavy atom. The van der Waals surface area contributed by atoms with Crippen molar-refractivity contribution in [3.05, 3.63) is 52.3 Å². The molecule has 2 aromatic rings. The van der Waals surface area contributed by atoms with E-state index in [-0.39, 0.29) is 35.3 Å². The molecule has 0 spiro atoms. The summed E-state index contributed by atoms with van der Waals surface area (Å²) in [7, 11) is 1.83. The molecular weight excluding hydrogens is 404 g/mol. The summed E-state index contributed by atoms with van der Waals surface area (Å²) in [5.41, 5.74) is 1.50. The molecule has 4 aliphatic rings. The molecule has 1 N–H and O–H groups in total. The van der Waals surface area contributed by atoms with Gasteiger partial charge in [0.2, 0.25) is 0 Å². The molecule has 6 heterocycles. The number of imidazole rings is 1. The number of piperazine rings is 1. The van der Waals surface area contributed by atoms with E-state index in [1.807, 2.05) is 30.2 Å². The number of hydrogen-bond donors (Lipinski definition) is 1. The minimum absolute atomic E-state index is 0.0606. The van der Waals surface area contributed by atoms with E-state index in [9.17, 15) is 9.59 Å². The van der Waals surface area contributed by atoms with Crippen molar-refractivity contribution < 1.29 is 4.79 Å². The number of pyridine rings is 1. The van der Waals surface area contributed by atoms with Crippen LogP contribution in [-0.2, 0) is 7.05 Å². The summed E-state index contributed by atoms with van der Waals surface area (Å²) < 4.78 is 1.72. The number of fused-ring (bicyclic) bond motifs is 4. The maximum atomic E-state index is 13.1. The number of rotatable bonds is 3. The minimum atomic E-state index is -0.0902. The van der Waals surface area contributed by atoms with Crippen molar-refractivity contribution in [2.24, 2.45) is 12.5 Å². The summed E-state index contributed by atoms with van der Waals surface area (Å²) >= 11 is 0. The van der Waals surface area contributed by atoms with Crippen LogP contribution in [0, 0.1) is 5.41 Å². The van der Waals surface area contributed by atoms with Crippen molar-refractivity contribution in [1.29, 1.82) is 0 Å². The van der Waals surface area contributed by atoms with E-state index in [2.05, 4.69) is 46.6 Å². The smallest absolute Gasteiger partial charge is 0.327 e. The molecule has 1 amide bonds. The number of piperidine rings is 2. The van der Waals surface area contributed by atoms with Crippen LogP contribution >= 0.6 is 0 Å². The van der Waals surface area contributed by atoms with E-state index in [1.165, 1.54) is 0 Å². The van der Waals surface area contributed by atoms with Crippen molar-refractivity contribution in [2.45, 2.75) is 51.9 Å². The molecule has 8 nitrogen and oxygen atoms in total. The first-order chi connectivity index (χ1) is 15.2. The Morgan fingerprint density at radius 3 is 2.66 bits per heavy atom. The van der Waals surface area contributed by atoms with Gasteiger partial charge in [-0.1, -0.05) is 20.8 Å². The van der Waals surface area contributed by atoms with Crippen LogP contribution < -0.4 is 10.6 Å². The zero-order chi connectivity index (χ0) is 22.6. The topological polar surface area (TPSA) is 77.5 Å². The van der Waals surface area contributed by atoms with Gasteiger partial charge in [-0.05, 0) is 42.5 Å². The van der Waals surface area contributed by atoms with Crippen molar-refractivity contribution in [1.82, 2.24) is 24.3 Å². The molecule has 3 fully saturated rings. The Morgan fingerprint density at radius 2 is 2.00 bits per heavy atom. The number of hydrogen-bond acceptors (Lipinski definition) is 5. The zero-order valence-electron chi connectivity index (χ0n) is 19.3. The van der Waals surface area contributed by atoms with Crippen LogP contribution in [0.15, 0.2) is 35.4 Å². The van der Waals surface area contributed by atoms with Gasteiger partial charge in [-0.2, -0.15) is 0 Å². The summed E-state index contributed by atoms with van der Waals surface area (Å²) in [6.07, 6.45) is 9.77. The number of aromatic nitrogens is 3. The molecular formula is C24H32N6O2. The third kappa shape index (κ3) is 3.56. The predicted octanol–water partition coefficient (Wildman–Crippen LogP) is 2.30. The number of carbonyl (C=O) groups excluding carboxylic acids is 1. The van der Waals surface area contributed by atoms with Crippen LogP contribution in [0.2, 0.25) is 0 Å². The molecule has 6 rings (SSSR count). The first-order valence-electron chi connectivity index (χ1n) is 11.4. The van der Waals surface area contributed by atoms with Gasteiger partial charge in [-0.15, -0.1) is 0 Å². The molecule has 0 radical (unpaired) electrons. The summed E-state index contributed by atoms with van der Waals surface area (Å²) in [6.45, 7) is 9.06. The molecule has 8 heteroatoms. The highest BCUT2D eigenvalue weighted by atomic mass is 16.2. The number of carbonyl (C=O) groups is 1. The normalized spacial score (nSPS) is 25.3. The Bertz CT molecular complexity index is 1100. The Hall–Kier alpha value is -2.87. The number of amides is 1. The Balaban J connectivity index is 1.43. The monoisotopic (exact) mass is 436 g/mol. The molecule has 0 saturated carbocycles. The average Bonchev–Trinajstić information content (AvgIpc) is 3.07. The van der Waals surface area contributed by atoms with Gasteiger partial charge in [0.1, 0.15) is 12.0 Å². The van der Waals surface area contributed by atoms with E-state index in [4.69, 9.17) is 0 Å². The Kier molecular flexibility index (Phi) is 5.00. The third-order valence-corrected chi connectivity index (χ3v) is 6.86. The molecule has 170 valence electrons. The van der Waals surface area contributed by atoms with E-state index in [1.54, 1.807) is 17.0 Å². The largest absolute Gasteiger partial charge is 0.336 e. The van der Waals surface area contributed by atoms with Gasteiger partial charge < -0.3 is 14.8 Å². The van der Waals surface area contributed by atoms with Gasteiger partial charge in [0.25, 0.3) is 5.91 Å². The first-order valence-corrected chi connectivity index (χ1v) is 11.4. The lowest BCUT2D eigenvalue weighted by molar-refractivity contribution is -0.0247. The zero-order valence-corrected chi connectivity index (χ0v) is 19.3. The molecule has 0 aliphatic carbocycles.